The zero-order chi connectivity index (χ0) is 33.0. The van der Waals surface area contributed by atoms with Crippen molar-refractivity contribution in [1.82, 2.24) is 29.7 Å². The van der Waals surface area contributed by atoms with Gasteiger partial charge in [-0.1, -0.05) is 32.9 Å². The Morgan fingerprint density at radius 1 is 1.11 bits per heavy atom. The number of piperazine rings is 1. The van der Waals surface area contributed by atoms with Crippen molar-refractivity contribution in [3.05, 3.63) is 82.3 Å². The average Bonchev–Trinajstić information content (AvgIpc) is 3.06. The Morgan fingerprint density at radius 2 is 1.89 bits per heavy atom. The van der Waals surface area contributed by atoms with Crippen molar-refractivity contribution in [3.8, 4) is 11.5 Å². The van der Waals surface area contributed by atoms with Crippen LogP contribution < -0.4 is 15.8 Å². The van der Waals surface area contributed by atoms with Crippen LogP contribution in [0.25, 0.3) is 22.4 Å². The molecule has 3 aliphatic carbocycles. The Kier molecular flexibility index (Phi) is 8.10. The summed E-state index contributed by atoms with van der Waals surface area (Å²) >= 11 is 0. The van der Waals surface area contributed by atoms with Gasteiger partial charge in [-0.25, -0.2) is 14.4 Å². The lowest BCUT2D eigenvalue weighted by Gasteiger charge is -2.63. The summed E-state index contributed by atoms with van der Waals surface area (Å²) in [5, 5.41) is 13.6. The molecule has 0 spiro atoms. The molecule has 1 aliphatic heterocycles. The van der Waals surface area contributed by atoms with Crippen LogP contribution in [0, 0.1) is 41.3 Å². The molecule has 0 radical (unpaired) electrons. The van der Waals surface area contributed by atoms with Crippen LogP contribution in [0.2, 0.25) is 0 Å². The van der Waals surface area contributed by atoms with Gasteiger partial charge in [0.15, 0.2) is 11.8 Å². The van der Waals surface area contributed by atoms with E-state index in [0.29, 0.717) is 70.6 Å². The van der Waals surface area contributed by atoms with Gasteiger partial charge in [0.05, 0.1) is 22.8 Å². The molecule has 10 heteroatoms. The van der Waals surface area contributed by atoms with Gasteiger partial charge in [0.25, 0.3) is 5.56 Å². The molecule has 4 fully saturated rings. The van der Waals surface area contributed by atoms with Gasteiger partial charge in [0.1, 0.15) is 11.5 Å². The van der Waals surface area contributed by atoms with E-state index in [0.717, 1.165) is 43.0 Å². The standard InChI is InChI=1S/C37H45FN8O/c1-22-19-42-32(20-41-22)34-43-31-18-28(10-11-29(31)35(47)45(34)14-12-25-6-8-27(38)9-7-25)46(36(39)44-15-13-40-23(2)21-44)33-17-26-16-30(24(33)3)37(26,4)5/h6-11,18-20,23-24,26,30,33,39-40H,12-17,21H2,1-5H3/t23-,24-,26+,30-,33-/m0/s1. The molecule has 8 rings (SSSR count). The van der Waals surface area contributed by atoms with Crippen molar-refractivity contribution < 1.29 is 4.39 Å². The predicted octanol–water partition coefficient (Wildman–Crippen LogP) is 5.65. The van der Waals surface area contributed by atoms with Gasteiger partial charge in [-0.3, -0.25) is 19.8 Å². The Labute approximate surface area is 275 Å². The second kappa shape index (κ2) is 12.1. The van der Waals surface area contributed by atoms with Gasteiger partial charge in [0, 0.05) is 50.1 Å². The maximum absolute atomic E-state index is 14.2. The van der Waals surface area contributed by atoms with E-state index in [1.807, 2.05) is 25.1 Å². The van der Waals surface area contributed by atoms with Gasteiger partial charge in [-0.2, -0.15) is 0 Å². The molecule has 3 saturated carbocycles. The molecule has 2 aromatic heterocycles. The van der Waals surface area contributed by atoms with E-state index >= 15 is 0 Å². The number of rotatable bonds is 6. The number of nitrogens with zero attached hydrogens (tertiary/aromatic N) is 6. The van der Waals surface area contributed by atoms with Crippen molar-refractivity contribution in [3.63, 3.8) is 0 Å². The first-order chi connectivity index (χ1) is 22.5. The number of aromatic nitrogens is 4. The first-order valence-corrected chi connectivity index (χ1v) is 17.0. The molecule has 2 bridgehead atoms. The largest absolute Gasteiger partial charge is 0.340 e. The molecule has 3 heterocycles. The minimum Gasteiger partial charge on any atom is -0.340 e. The highest BCUT2D eigenvalue weighted by molar-refractivity contribution is 5.97. The first-order valence-electron chi connectivity index (χ1n) is 17.0. The summed E-state index contributed by atoms with van der Waals surface area (Å²) in [6.07, 6.45) is 6.17. The normalized spacial score (nSPS) is 25.0. The minimum absolute atomic E-state index is 0.160. The summed E-state index contributed by atoms with van der Waals surface area (Å²) in [6.45, 7) is 14.0. The highest BCUT2D eigenvalue weighted by Gasteiger charge is 2.57. The number of fused-ring (bicyclic) bond motifs is 3. The van der Waals surface area contributed by atoms with E-state index in [1.165, 1.54) is 18.6 Å². The van der Waals surface area contributed by atoms with Crippen molar-refractivity contribution in [2.75, 3.05) is 24.5 Å². The van der Waals surface area contributed by atoms with E-state index in [2.05, 4.69) is 52.8 Å². The van der Waals surface area contributed by atoms with Crippen molar-refractivity contribution >= 4 is 22.5 Å². The van der Waals surface area contributed by atoms with Crippen LogP contribution in [0.4, 0.5) is 10.1 Å². The van der Waals surface area contributed by atoms with Gasteiger partial charge in [-0.15, -0.1) is 0 Å². The third-order valence-electron chi connectivity index (χ3n) is 11.3. The molecule has 9 nitrogen and oxygen atoms in total. The van der Waals surface area contributed by atoms with Crippen LogP contribution in [-0.2, 0) is 13.0 Å². The molecule has 0 unspecified atom stereocenters. The molecule has 5 atom stereocenters. The average molecular weight is 637 g/mol. The highest BCUT2D eigenvalue weighted by atomic mass is 19.1. The Bertz CT molecular complexity index is 1850. The monoisotopic (exact) mass is 636 g/mol. The van der Waals surface area contributed by atoms with E-state index in [9.17, 15) is 14.6 Å². The quantitative estimate of drug-likeness (QED) is 0.208. The number of nitrogens with one attached hydrogen (secondary N) is 2. The number of aryl methyl sites for hydroxylation is 2. The van der Waals surface area contributed by atoms with Crippen LogP contribution >= 0.6 is 0 Å². The second-order valence-electron chi connectivity index (χ2n) is 14.5. The van der Waals surface area contributed by atoms with Crippen molar-refractivity contribution in [1.29, 1.82) is 5.41 Å². The lowest BCUT2D eigenvalue weighted by Crippen LogP contribution is -2.64. The summed E-state index contributed by atoms with van der Waals surface area (Å²) in [5.74, 6) is 2.33. The van der Waals surface area contributed by atoms with Crippen LogP contribution in [0.3, 0.4) is 0 Å². The summed E-state index contributed by atoms with van der Waals surface area (Å²) < 4.78 is 15.2. The molecule has 4 aromatic rings. The Morgan fingerprint density at radius 3 is 2.57 bits per heavy atom. The summed E-state index contributed by atoms with van der Waals surface area (Å²) in [6, 6.07) is 12.7. The van der Waals surface area contributed by atoms with E-state index in [1.54, 1.807) is 29.1 Å². The van der Waals surface area contributed by atoms with E-state index < -0.39 is 0 Å². The van der Waals surface area contributed by atoms with Gasteiger partial charge in [-0.05, 0) is 92.2 Å². The van der Waals surface area contributed by atoms with E-state index in [-0.39, 0.29) is 17.4 Å². The third kappa shape index (κ3) is 5.70. The highest BCUT2D eigenvalue weighted by Crippen LogP contribution is 2.62. The molecular formula is C37H45FN8O. The SMILES string of the molecule is Cc1cnc(-c2nc3cc(N(C(=N)N4CCN[C@@H](C)C4)[C@H]4C[C@H]5C[C@@H]([C@@H]4C)C5(C)C)ccc3c(=O)n2CCc2ccc(F)cc2)cn1. The van der Waals surface area contributed by atoms with Gasteiger partial charge in [0.2, 0.25) is 0 Å². The predicted molar refractivity (Wildman–Crippen MR) is 184 cm³/mol. The lowest BCUT2D eigenvalue weighted by atomic mass is 9.44. The number of guanidine groups is 1. The summed E-state index contributed by atoms with van der Waals surface area (Å²) in [7, 11) is 0. The third-order valence-corrected chi connectivity index (χ3v) is 11.3. The van der Waals surface area contributed by atoms with Crippen LogP contribution in [0.1, 0.15) is 51.8 Å². The molecule has 0 amide bonds. The number of anilines is 1. The summed E-state index contributed by atoms with van der Waals surface area (Å²) in [5.41, 5.74) is 3.84. The maximum atomic E-state index is 14.2. The zero-order valence-electron chi connectivity index (χ0n) is 28.0. The molecule has 1 saturated heterocycles. The maximum Gasteiger partial charge on any atom is 0.261 e. The van der Waals surface area contributed by atoms with Crippen molar-refractivity contribution in [2.45, 2.75) is 72.5 Å². The fourth-order valence-corrected chi connectivity index (χ4v) is 8.37. The lowest BCUT2D eigenvalue weighted by molar-refractivity contribution is -0.108. The molecule has 4 aliphatic rings. The molecular weight excluding hydrogens is 591 g/mol. The number of benzene rings is 2. The second-order valence-corrected chi connectivity index (χ2v) is 14.5. The summed E-state index contributed by atoms with van der Waals surface area (Å²) in [4.78, 5) is 32.7. The zero-order valence-corrected chi connectivity index (χ0v) is 28.0. The number of halogens is 1. The van der Waals surface area contributed by atoms with Crippen molar-refractivity contribution in [2.24, 2.45) is 23.2 Å². The molecule has 2 N–H and O–H groups in total. The Hall–Kier alpha value is -4.18. The number of hydrogen-bond donors (Lipinski definition) is 2. The van der Waals surface area contributed by atoms with Gasteiger partial charge >= 0.3 is 0 Å². The van der Waals surface area contributed by atoms with Crippen LogP contribution in [0.5, 0.6) is 0 Å². The van der Waals surface area contributed by atoms with Gasteiger partial charge < -0.3 is 15.1 Å². The molecule has 47 heavy (non-hydrogen) atoms. The molecule has 246 valence electrons. The fraction of sp³-hybridized carbons (Fsp3) is 0.486. The van der Waals surface area contributed by atoms with E-state index in [4.69, 9.17) is 4.98 Å². The number of hydrogen-bond acceptors (Lipinski definition) is 6. The smallest absolute Gasteiger partial charge is 0.261 e. The topological polar surface area (TPSA) is 103 Å². The van der Waals surface area contributed by atoms with Crippen LogP contribution in [-0.4, -0.2) is 62.1 Å². The molecule has 2 aromatic carbocycles. The van der Waals surface area contributed by atoms with Crippen LogP contribution in [0.15, 0.2) is 59.7 Å². The Balaban J connectivity index is 1.31. The minimum atomic E-state index is -0.290. The fourth-order valence-electron chi connectivity index (χ4n) is 8.37. The first kappa shape index (κ1) is 31.4.